The average Bonchev–Trinajstić information content (AvgIpc) is 2.53. The van der Waals surface area contributed by atoms with Crippen molar-refractivity contribution < 1.29 is 9.53 Å². The number of rotatable bonds is 4. The van der Waals surface area contributed by atoms with Gasteiger partial charge in [-0.25, -0.2) is 0 Å². The van der Waals surface area contributed by atoms with Crippen molar-refractivity contribution >= 4 is 5.97 Å². The number of hydrogen-bond donors (Lipinski definition) is 0. The van der Waals surface area contributed by atoms with Crippen molar-refractivity contribution in [2.45, 2.75) is 19.4 Å². The first-order chi connectivity index (χ1) is 6.63. The number of esters is 1. The second-order valence-corrected chi connectivity index (χ2v) is 3.95. The highest BCUT2D eigenvalue weighted by Crippen LogP contribution is 2.12. The minimum absolute atomic E-state index is 0.105. The number of carbonyl (C=O) groups is 1. The van der Waals surface area contributed by atoms with Gasteiger partial charge in [-0.1, -0.05) is 0 Å². The number of hydrogen-bond acceptors (Lipinski definition) is 4. The van der Waals surface area contributed by atoms with Gasteiger partial charge >= 0.3 is 5.97 Å². The van der Waals surface area contributed by atoms with Gasteiger partial charge in [-0.3, -0.25) is 9.69 Å². The normalized spacial score (nSPS) is 23.0. The standard InChI is InChI=1S/C10H20N2O2/c1-4-14-10(13)8-12-6-5-9(7-12)11(2)3/h9H,4-8H2,1-3H3. The smallest absolute Gasteiger partial charge is 0.320 e. The van der Waals surface area contributed by atoms with Crippen LogP contribution in [0.3, 0.4) is 0 Å². The summed E-state index contributed by atoms with van der Waals surface area (Å²) in [6.45, 7) is 4.74. The molecule has 0 aliphatic carbocycles. The molecule has 1 saturated heterocycles. The third-order valence-electron chi connectivity index (χ3n) is 2.64. The fourth-order valence-corrected chi connectivity index (χ4v) is 1.77. The Morgan fingerprint density at radius 2 is 2.29 bits per heavy atom. The molecule has 0 amide bonds. The van der Waals surface area contributed by atoms with E-state index in [4.69, 9.17) is 4.74 Å². The van der Waals surface area contributed by atoms with Crippen LogP contribution in [0.4, 0.5) is 0 Å². The van der Waals surface area contributed by atoms with E-state index < -0.39 is 0 Å². The first-order valence-corrected chi connectivity index (χ1v) is 5.18. The molecule has 1 rings (SSSR count). The van der Waals surface area contributed by atoms with Crippen LogP contribution < -0.4 is 0 Å². The van der Waals surface area contributed by atoms with Gasteiger partial charge in [-0.15, -0.1) is 0 Å². The molecule has 1 atom stereocenters. The highest BCUT2D eigenvalue weighted by molar-refractivity contribution is 5.71. The van der Waals surface area contributed by atoms with E-state index in [9.17, 15) is 4.79 Å². The van der Waals surface area contributed by atoms with Gasteiger partial charge in [0.05, 0.1) is 13.2 Å². The third kappa shape index (κ3) is 3.27. The van der Waals surface area contributed by atoms with E-state index in [-0.39, 0.29) is 5.97 Å². The van der Waals surface area contributed by atoms with Crippen molar-refractivity contribution in [3.05, 3.63) is 0 Å². The van der Waals surface area contributed by atoms with Gasteiger partial charge in [-0.05, 0) is 27.4 Å². The summed E-state index contributed by atoms with van der Waals surface area (Å²) in [4.78, 5) is 15.6. The van der Waals surface area contributed by atoms with E-state index >= 15 is 0 Å². The number of ether oxygens (including phenoxy) is 1. The number of nitrogens with zero attached hydrogens (tertiary/aromatic N) is 2. The van der Waals surface area contributed by atoms with Crippen LogP contribution in [-0.2, 0) is 9.53 Å². The minimum atomic E-state index is -0.105. The van der Waals surface area contributed by atoms with Gasteiger partial charge in [-0.2, -0.15) is 0 Å². The predicted octanol–water partition coefficient (Wildman–Crippen LogP) is 0.185. The van der Waals surface area contributed by atoms with Gasteiger partial charge < -0.3 is 9.64 Å². The molecule has 0 saturated carbocycles. The predicted molar refractivity (Wildman–Crippen MR) is 55.2 cm³/mol. The Labute approximate surface area is 85.8 Å². The maximum Gasteiger partial charge on any atom is 0.320 e. The van der Waals surface area contributed by atoms with E-state index in [0.717, 1.165) is 19.5 Å². The summed E-state index contributed by atoms with van der Waals surface area (Å²) in [5, 5.41) is 0. The van der Waals surface area contributed by atoms with Crippen LogP contribution in [-0.4, -0.2) is 62.1 Å². The highest BCUT2D eigenvalue weighted by Gasteiger charge is 2.25. The monoisotopic (exact) mass is 200 g/mol. The molecule has 0 bridgehead atoms. The van der Waals surface area contributed by atoms with E-state index in [1.165, 1.54) is 0 Å². The van der Waals surface area contributed by atoms with E-state index in [2.05, 4.69) is 23.9 Å². The Bertz CT molecular complexity index is 195. The molecule has 4 heteroatoms. The molecule has 1 unspecified atom stereocenters. The molecule has 82 valence electrons. The average molecular weight is 200 g/mol. The fraction of sp³-hybridized carbons (Fsp3) is 0.900. The van der Waals surface area contributed by atoms with Crippen molar-refractivity contribution in [1.29, 1.82) is 0 Å². The minimum Gasteiger partial charge on any atom is -0.465 e. The van der Waals surface area contributed by atoms with Crippen LogP contribution >= 0.6 is 0 Å². The first-order valence-electron chi connectivity index (χ1n) is 5.18. The lowest BCUT2D eigenvalue weighted by Crippen LogP contribution is -2.34. The van der Waals surface area contributed by atoms with Gasteiger partial charge in [0.25, 0.3) is 0 Å². The lowest BCUT2D eigenvalue weighted by atomic mass is 10.2. The number of likely N-dealkylation sites (tertiary alicyclic amines) is 1. The van der Waals surface area contributed by atoms with E-state index in [1.54, 1.807) is 0 Å². The molecule has 4 nitrogen and oxygen atoms in total. The Balaban J connectivity index is 2.25. The Kier molecular flexibility index (Phi) is 4.35. The molecular formula is C10H20N2O2. The van der Waals surface area contributed by atoms with E-state index in [0.29, 0.717) is 19.2 Å². The van der Waals surface area contributed by atoms with Gasteiger partial charge in [0.2, 0.25) is 0 Å². The lowest BCUT2D eigenvalue weighted by molar-refractivity contribution is -0.144. The Hall–Kier alpha value is -0.610. The molecule has 0 radical (unpaired) electrons. The first kappa shape index (κ1) is 11.5. The van der Waals surface area contributed by atoms with Gasteiger partial charge in [0, 0.05) is 19.1 Å². The van der Waals surface area contributed by atoms with Crippen LogP contribution in [0.1, 0.15) is 13.3 Å². The second kappa shape index (κ2) is 5.32. The van der Waals surface area contributed by atoms with Crippen molar-refractivity contribution in [3.8, 4) is 0 Å². The molecule has 1 heterocycles. The third-order valence-corrected chi connectivity index (χ3v) is 2.64. The number of carbonyl (C=O) groups excluding carboxylic acids is 1. The molecule has 14 heavy (non-hydrogen) atoms. The summed E-state index contributed by atoms with van der Waals surface area (Å²) in [7, 11) is 4.16. The highest BCUT2D eigenvalue weighted by atomic mass is 16.5. The quantitative estimate of drug-likeness (QED) is 0.606. The van der Waals surface area contributed by atoms with Crippen molar-refractivity contribution in [2.24, 2.45) is 0 Å². The summed E-state index contributed by atoms with van der Waals surface area (Å²) < 4.78 is 4.91. The van der Waals surface area contributed by atoms with Crippen molar-refractivity contribution in [3.63, 3.8) is 0 Å². The van der Waals surface area contributed by atoms with Crippen LogP contribution in [0.15, 0.2) is 0 Å². The van der Waals surface area contributed by atoms with E-state index in [1.807, 2.05) is 6.92 Å². The maximum absolute atomic E-state index is 11.2. The molecule has 0 aromatic carbocycles. The topological polar surface area (TPSA) is 32.8 Å². The zero-order valence-corrected chi connectivity index (χ0v) is 9.32. The zero-order valence-electron chi connectivity index (χ0n) is 9.32. The molecule has 1 aliphatic rings. The summed E-state index contributed by atoms with van der Waals surface area (Å²) in [6.07, 6.45) is 1.15. The molecule has 0 aromatic rings. The van der Waals surface area contributed by atoms with Crippen molar-refractivity contribution in [1.82, 2.24) is 9.80 Å². The lowest BCUT2D eigenvalue weighted by Gasteiger charge is -2.19. The molecule has 0 spiro atoms. The van der Waals surface area contributed by atoms with Crippen LogP contribution in [0.2, 0.25) is 0 Å². The summed E-state index contributed by atoms with van der Waals surface area (Å²) >= 11 is 0. The van der Waals surface area contributed by atoms with Gasteiger partial charge in [0.15, 0.2) is 0 Å². The summed E-state index contributed by atoms with van der Waals surface area (Å²) in [6, 6.07) is 0.587. The molecule has 0 N–H and O–H groups in total. The van der Waals surface area contributed by atoms with Crippen LogP contribution in [0, 0.1) is 0 Å². The summed E-state index contributed by atoms with van der Waals surface area (Å²) in [5.74, 6) is -0.105. The second-order valence-electron chi connectivity index (χ2n) is 3.95. The largest absolute Gasteiger partial charge is 0.465 e. The van der Waals surface area contributed by atoms with Crippen molar-refractivity contribution in [2.75, 3.05) is 40.3 Å². The fourth-order valence-electron chi connectivity index (χ4n) is 1.77. The molecule has 1 aliphatic heterocycles. The molecule has 0 aromatic heterocycles. The Morgan fingerprint density at radius 3 is 2.79 bits per heavy atom. The van der Waals surface area contributed by atoms with Crippen LogP contribution in [0.5, 0.6) is 0 Å². The van der Waals surface area contributed by atoms with Gasteiger partial charge in [0.1, 0.15) is 0 Å². The number of likely N-dealkylation sites (N-methyl/N-ethyl adjacent to an activating group) is 1. The maximum atomic E-state index is 11.2. The zero-order chi connectivity index (χ0) is 10.6. The SMILES string of the molecule is CCOC(=O)CN1CCC(N(C)C)C1. The molecular weight excluding hydrogens is 180 g/mol. The summed E-state index contributed by atoms with van der Waals surface area (Å²) in [5.41, 5.74) is 0. The molecule has 1 fully saturated rings. The Morgan fingerprint density at radius 1 is 1.57 bits per heavy atom. The van der Waals surface area contributed by atoms with Crippen LogP contribution in [0.25, 0.3) is 0 Å².